The van der Waals surface area contributed by atoms with Crippen LogP contribution in [0.25, 0.3) is 0 Å². The Morgan fingerprint density at radius 3 is 0.590 bits per heavy atom. The zero-order chi connectivity index (χ0) is 73.2. The van der Waals surface area contributed by atoms with Crippen LogP contribution in [0.4, 0.5) is 0 Å². The third-order valence-corrected chi connectivity index (χ3v) is 21.0. The van der Waals surface area contributed by atoms with Gasteiger partial charge < -0.3 is 33.8 Å². The summed E-state index contributed by atoms with van der Waals surface area (Å²) < 4.78 is 68.8. The van der Waals surface area contributed by atoms with Gasteiger partial charge in [-0.25, -0.2) is 9.13 Å². The van der Waals surface area contributed by atoms with Gasteiger partial charge in [0, 0.05) is 25.7 Å². The van der Waals surface area contributed by atoms with E-state index in [-0.39, 0.29) is 25.7 Å². The van der Waals surface area contributed by atoms with E-state index in [1.165, 1.54) is 270 Å². The summed E-state index contributed by atoms with van der Waals surface area (Å²) in [7, 11) is -9.92. The van der Waals surface area contributed by atoms with Gasteiger partial charge >= 0.3 is 39.5 Å². The van der Waals surface area contributed by atoms with Crippen LogP contribution in [0.5, 0.6) is 0 Å². The first-order chi connectivity index (χ1) is 48.7. The molecule has 0 aromatic rings. The fourth-order valence-electron chi connectivity index (χ4n) is 12.6. The van der Waals surface area contributed by atoms with Crippen LogP contribution in [-0.2, 0) is 65.4 Å². The maximum absolute atomic E-state index is 13.1. The van der Waals surface area contributed by atoms with Crippen LogP contribution in [0.3, 0.4) is 0 Å². The Hall–Kier alpha value is -1.94. The first-order valence-electron chi connectivity index (χ1n) is 42.3. The summed E-state index contributed by atoms with van der Waals surface area (Å²) in [6.07, 6.45) is 67.8. The summed E-state index contributed by atoms with van der Waals surface area (Å²) in [5.74, 6) is -2.10. The van der Waals surface area contributed by atoms with Gasteiger partial charge in [0.15, 0.2) is 12.2 Å². The number of phosphoric ester groups is 2. The molecule has 0 aliphatic carbocycles. The van der Waals surface area contributed by atoms with Gasteiger partial charge in [0.1, 0.15) is 19.3 Å². The van der Waals surface area contributed by atoms with E-state index < -0.39 is 97.5 Å². The van der Waals surface area contributed by atoms with Gasteiger partial charge in [-0.1, -0.05) is 387 Å². The van der Waals surface area contributed by atoms with Crippen molar-refractivity contribution in [2.24, 2.45) is 0 Å². The van der Waals surface area contributed by atoms with E-state index in [4.69, 9.17) is 37.0 Å². The molecule has 0 heterocycles. The number of aliphatic hydroxyl groups is 1. The van der Waals surface area contributed by atoms with Crippen LogP contribution >= 0.6 is 15.6 Å². The second-order valence-corrected chi connectivity index (χ2v) is 32.1. The van der Waals surface area contributed by atoms with Crippen molar-refractivity contribution in [3.63, 3.8) is 0 Å². The van der Waals surface area contributed by atoms with Crippen molar-refractivity contribution in [2.75, 3.05) is 39.6 Å². The Morgan fingerprint density at radius 1 is 0.240 bits per heavy atom. The number of unbranched alkanes of at least 4 members (excludes halogenated alkanes) is 56. The van der Waals surface area contributed by atoms with Crippen molar-refractivity contribution < 1.29 is 80.2 Å². The van der Waals surface area contributed by atoms with Crippen molar-refractivity contribution in [3.8, 4) is 0 Å². The lowest BCUT2D eigenvalue weighted by Gasteiger charge is -2.21. The average molecular weight is 1470 g/mol. The number of phosphoric acid groups is 2. The molecule has 594 valence electrons. The lowest BCUT2D eigenvalue weighted by atomic mass is 10.0. The molecule has 0 aliphatic heterocycles. The van der Waals surface area contributed by atoms with Gasteiger partial charge in [-0.15, -0.1) is 0 Å². The maximum Gasteiger partial charge on any atom is 0.472 e. The molecule has 0 aromatic carbocycles. The highest BCUT2D eigenvalue weighted by atomic mass is 31.2. The van der Waals surface area contributed by atoms with Gasteiger partial charge in [-0.05, 0) is 25.7 Å². The molecule has 0 radical (unpaired) electrons. The molecule has 0 rings (SSSR count). The van der Waals surface area contributed by atoms with Crippen molar-refractivity contribution >= 4 is 39.5 Å². The minimum absolute atomic E-state index is 0.109. The maximum atomic E-state index is 13.1. The van der Waals surface area contributed by atoms with Crippen LogP contribution in [0, 0.1) is 0 Å². The Kier molecular flexibility index (Phi) is 73.8. The fraction of sp³-hybridized carbons (Fsp3) is 0.951. The van der Waals surface area contributed by atoms with Crippen LogP contribution in [-0.4, -0.2) is 96.7 Å². The second kappa shape index (κ2) is 75.3. The molecule has 0 spiro atoms. The van der Waals surface area contributed by atoms with E-state index in [0.29, 0.717) is 25.7 Å². The molecule has 17 nitrogen and oxygen atoms in total. The summed E-state index contributed by atoms with van der Waals surface area (Å²) >= 11 is 0. The summed E-state index contributed by atoms with van der Waals surface area (Å²) in [4.78, 5) is 73.1. The Morgan fingerprint density at radius 2 is 0.400 bits per heavy atom. The van der Waals surface area contributed by atoms with E-state index in [1.54, 1.807) is 0 Å². The number of carbonyl (C=O) groups is 4. The molecular weight excluding hydrogens is 1310 g/mol. The Labute approximate surface area is 613 Å². The summed E-state index contributed by atoms with van der Waals surface area (Å²) in [5.41, 5.74) is 0. The van der Waals surface area contributed by atoms with Gasteiger partial charge in [0.25, 0.3) is 0 Å². The zero-order valence-electron chi connectivity index (χ0n) is 65.2. The van der Waals surface area contributed by atoms with Crippen molar-refractivity contribution in [1.29, 1.82) is 0 Å². The molecule has 0 fully saturated rings. The number of esters is 4. The molecule has 0 bridgehead atoms. The minimum atomic E-state index is -4.96. The van der Waals surface area contributed by atoms with Crippen molar-refractivity contribution in [1.82, 2.24) is 0 Å². The van der Waals surface area contributed by atoms with Gasteiger partial charge in [-0.2, -0.15) is 0 Å². The van der Waals surface area contributed by atoms with E-state index in [9.17, 15) is 43.2 Å². The molecule has 0 aliphatic rings. The largest absolute Gasteiger partial charge is 0.472 e. The molecule has 3 N–H and O–H groups in total. The first-order valence-corrected chi connectivity index (χ1v) is 45.3. The summed E-state index contributed by atoms with van der Waals surface area (Å²) in [6.45, 7) is 5.04. The molecule has 2 unspecified atom stereocenters. The number of aliphatic hydroxyl groups excluding tert-OH is 1. The summed E-state index contributed by atoms with van der Waals surface area (Å²) in [5, 5.41) is 10.6. The van der Waals surface area contributed by atoms with Crippen LogP contribution in [0.15, 0.2) is 0 Å². The third kappa shape index (κ3) is 74.3. The Balaban J connectivity index is 5.25. The standard InChI is InChI=1S/C81H158O17P2/c1-5-9-13-17-21-25-29-33-36-37-40-43-46-50-54-58-62-66-79(84)92-71-76(97-80(85)67-63-59-55-51-47-41-32-28-24-20-16-12-8-4)73-95-99(87,88)93-69-75(82)70-94-100(89,90)96-74-77(98-81(86)68-64-60-56-52-48-44-39-35-31-27-23-19-15-11-7-3)72-91-78(83)65-61-57-53-49-45-42-38-34-30-26-22-18-14-10-6-2/h75-77,82H,5-74H2,1-4H3,(H,87,88)(H,89,90)/t75-,76-,77-/m1/s1. The number of rotatable bonds is 82. The van der Waals surface area contributed by atoms with Crippen molar-refractivity contribution in [3.05, 3.63) is 0 Å². The predicted octanol–water partition coefficient (Wildman–Crippen LogP) is 24.6. The minimum Gasteiger partial charge on any atom is -0.462 e. The second-order valence-electron chi connectivity index (χ2n) is 29.2. The topological polar surface area (TPSA) is 237 Å². The number of ether oxygens (including phenoxy) is 4. The van der Waals surface area contributed by atoms with E-state index in [1.807, 2.05) is 0 Å². The normalized spacial score (nSPS) is 13.8. The first kappa shape index (κ1) is 98.1. The monoisotopic (exact) mass is 1470 g/mol. The molecule has 0 saturated heterocycles. The molecular formula is C81H158O17P2. The van der Waals surface area contributed by atoms with E-state index >= 15 is 0 Å². The summed E-state index contributed by atoms with van der Waals surface area (Å²) in [6, 6.07) is 0. The lowest BCUT2D eigenvalue weighted by molar-refractivity contribution is -0.161. The lowest BCUT2D eigenvalue weighted by Crippen LogP contribution is -2.30. The molecule has 100 heavy (non-hydrogen) atoms. The van der Waals surface area contributed by atoms with Crippen molar-refractivity contribution in [2.45, 2.75) is 457 Å². The van der Waals surface area contributed by atoms with Gasteiger partial charge in [-0.3, -0.25) is 37.3 Å². The van der Waals surface area contributed by atoms with Crippen LogP contribution in [0.2, 0.25) is 0 Å². The van der Waals surface area contributed by atoms with E-state index in [0.717, 1.165) is 89.9 Å². The highest BCUT2D eigenvalue weighted by Gasteiger charge is 2.30. The highest BCUT2D eigenvalue weighted by Crippen LogP contribution is 2.45. The molecule has 19 heteroatoms. The van der Waals surface area contributed by atoms with Gasteiger partial charge in [0.05, 0.1) is 26.4 Å². The van der Waals surface area contributed by atoms with Crippen LogP contribution in [0.1, 0.15) is 439 Å². The molecule has 0 amide bonds. The molecule has 5 atom stereocenters. The smallest absolute Gasteiger partial charge is 0.462 e. The highest BCUT2D eigenvalue weighted by molar-refractivity contribution is 7.47. The molecule has 0 saturated carbocycles. The SMILES string of the molecule is CCCCCCCCCCCCCCCCCCCC(=O)OC[C@H](COP(=O)(O)OC[C@@H](O)COP(=O)(O)OC[C@@H](COC(=O)CCCCCCCCCCCCCCCCC)OC(=O)CCCCCCCCCCCCCCCCC)OC(=O)CCCCCCCCCCCCCCC. The fourth-order valence-corrected chi connectivity index (χ4v) is 14.2. The third-order valence-electron chi connectivity index (χ3n) is 19.1. The zero-order valence-corrected chi connectivity index (χ0v) is 67.0. The van der Waals surface area contributed by atoms with Crippen LogP contribution < -0.4 is 0 Å². The Bertz CT molecular complexity index is 1890. The molecule has 0 aromatic heterocycles. The predicted molar refractivity (Wildman–Crippen MR) is 409 cm³/mol. The van der Waals surface area contributed by atoms with Gasteiger partial charge in [0.2, 0.25) is 0 Å². The quantitative estimate of drug-likeness (QED) is 0.0222. The number of hydrogen-bond donors (Lipinski definition) is 3. The number of carbonyl (C=O) groups excluding carboxylic acids is 4. The average Bonchev–Trinajstić information content (AvgIpc) is 0.965. The number of hydrogen-bond acceptors (Lipinski definition) is 15. The van der Waals surface area contributed by atoms with E-state index in [2.05, 4.69) is 27.7 Å².